The number of aromatic nitrogens is 4. The minimum absolute atomic E-state index is 0.234. The number of hydrogen-bond donors (Lipinski definition) is 0. The lowest BCUT2D eigenvalue weighted by Gasteiger charge is -2.16. The molecule has 3 unspecified atom stereocenters. The Bertz CT molecular complexity index is 4500. The third-order valence-corrected chi connectivity index (χ3v) is 15.4. The van der Waals surface area contributed by atoms with Gasteiger partial charge in [0.15, 0.2) is 24.8 Å². The standard InChI is InChI=1S/C21H30N.C19H26N.C18H22N.C17H22N/c1-13(2)18-10-20(16(6)9-15(18)5)21-11-19(14(3)4)17(7)12-22(21)8;1-12(2)17-8-9-18(13(3)10-17)19-16(6)15(5)14(4)11-20(19)7;1-13-8-9-17(14(2)10-13)18-11-15-6-4-5-7-16(15)12-19(18)3;1-11-7-8-16(12(2)9-11)17-15(5)14(4)13(3)10-18(17)6/h9-14H,1-8H3;8-12H,1-7H3;8-12H,4-7H2,1-3H3;7-10H,1-6H3/q4*+1/i1D3,3D3,5D3,7D3,13D,14D;1D3,4D3,12D;;1D3,3D3. The van der Waals surface area contributed by atoms with Gasteiger partial charge in [-0.05, 0) is 225 Å². The molecule has 9 rings (SSSR count). The summed E-state index contributed by atoms with van der Waals surface area (Å²) >= 11 is 0. The molecule has 0 radical (unpaired) electrons. The molecule has 4 heterocycles. The second-order valence-corrected chi connectivity index (χ2v) is 21.6. The Morgan fingerprint density at radius 2 is 0.848 bits per heavy atom. The van der Waals surface area contributed by atoms with Crippen LogP contribution in [-0.2, 0) is 41.0 Å². The molecule has 1 aliphatic carbocycles. The monoisotopic (exact) mass is 1080 g/mol. The van der Waals surface area contributed by atoms with Crippen LogP contribution in [0.3, 0.4) is 0 Å². The summed E-state index contributed by atoms with van der Waals surface area (Å²) in [6, 6.07) is 23.3. The van der Waals surface area contributed by atoms with E-state index in [-0.39, 0.29) is 33.5 Å². The maximum absolute atomic E-state index is 8.56. The molecular weight excluding hydrogens is 957 g/mol. The van der Waals surface area contributed by atoms with E-state index >= 15 is 0 Å². The first-order valence-corrected chi connectivity index (χ1v) is 26.9. The predicted octanol–water partition coefficient (Wildman–Crippen LogP) is 17.3. The molecule has 0 N–H and O–H groups in total. The van der Waals surface area contributed by atoms with Gasteiger partial charge >= 0.3 is 0 Å². The molecule has 4 aromatic heterocycles. The van der Waals surface area contributed by atoms with Gasteiger partial charge in [-0.3, -0.25) is 0 Å². The Morgan fingerprint density at radius 1 is 0.380 bits per heavy atom. The SMILES string of the molecule is Cc1ccc(-c2cc3c(c[n+]2C)CCCC3)c(C)c1.[2H]C([2H])([2H])c1c[n+](C)c(-c2ccc(C([2H])(C)C([2H])([2H])[2H])cc2C)c(C)c1C.[2H]C([2H])([2H])c1cc(C)c(-c2cc(C([2H])(C)C([2H])([2H])[2H])c(C([2H])([2H])[2H])c[n+]2C)cc1C([2H])(C)C([2H])([2H])[2H].[2H]C([2H])([2H])c1ccc(-c2c(C)c(C)c(C([2H])([2H])[2H])c[n+]2C)c(C)c1. The van der Waals surface area contributed by atoms with Crippen molar-refractivity contribution in [2.45, 2.75) is 181 Å². The minimum Gasteiger partial charge on any atom is -0.201 e. The van der Waals surface area contributed by atoms with Gasteiger partial charge in [0.2, 0.25) is 22.8 Å². The van der Waals surface area contributed by atoms with E-state index in [1.165, 1.54) is 91.0 Å². The highest BCUT2D eigenvalue weighted by Gasteiger charge is 2.23. The first kappa shape index (κ1) is 33.9. The van der Waals surface area contributed by atoms with Gasteiger partial charge in [-0.2, -0.15) is 0 Å². The fraction of sp³-hybridized carbons (Fsp3) is 0.413. The van der Waals surface area contributed by atoms with Crippen molar-refractivity contribution in [3.8, 4) is 45.0 Å². The molecule has 0 spiro atoms. The third-order valence-electron chi connectivity index (χ3n) is 15.4. The number of benzene rings is 4. The summed E-state index contributed by atoms with van der Waals surface area (Å²) in [6.07, 6.45) is 12.0. The van der Waals surface area contributed by atoms with E-state index in [0.29, 0.717) is 27.8 Å². The number of nitrogens with zero attached hydrogens (tertiary/aromatic N) is 4. The van der Waals surface area contributed by atoms with Crippen LogP contribution in [0.15, 0.2) is 104 Å². The van der Waals surface area contributed by atoms with Gasteiger partial charge in [0.1, 0.15) is 28.2 Å². The maximum Gasteiger partial charge on any atom is 0.215 e. The summed E-state index contributed by atoms with van der Waals surface area (Å²) in [4.78, 5) is 0. The molecule has 0 saturated carbocycles. The molecule has 4 aromatic carbocycles. The van der Waals surface area contributed by atoms with Gasteiger partial charge in [0.05, 0.1) is 0 Å². The number of pyridine rings is 4. The lowest BCUT2D eigenvalue weighted by atomic mass is 9.90. The molecule has 0 saturated heterocycles. The van der Waals surface area contributed by atoms with Crippen LogP contribution in [0.5, 0.6) is 0 Å². The molecular formula is C75H100N4+4. The molecule has 0 bridgehead atoms. The van der Waals surface area contributed by atoms with Crippen molar-refractivity contribution in [2.75, 3.05) is 0 Å². The molecule has 416 valence electrons. The van der Waals surface area contributed by atoms with E-state index in [2.05, 4.69) is 55.9 Å². The molecule has 8 aromatic rings. The quantitative estimate of drug-likeness (QED) is 0.141. The summed E-state index contributed by atoms with van der Waals surface area (Å²) < 4.78 is 219. The van der Waals surface area contributed by atoms with Crippen LogP contribution >= 0.6 is 0 Å². The first-order chi connectivity index (χ1) is 47.8. The Morgan fingerprint density at radius 3 is 1.39 bits per heavy atom. The molecule has 4 nitrogen and oxygen atoms in total. The van der Waals surface area contributed by atoms with E-state index in [9.17, 15) is 0 Å². The van der Waals surface area contributed by atoms with Crippen LogP contribution < -0.4 is 18.3 Å². The molecule has 1 aliphatic rings. The normalized spacial score (nSPS) is 20.5. The summed E-state index contributed by atoms with van der Waals surface area (Å²) in [7, 11) is 7.30. The van der Waals surface area contributed by atoms with Crippen LogP contribution in [0.25, 0.3) is 45.0 Å². The van der Waals surface area contributed by atoms with Crippen LogP contribution in [0.4, 0.5) is 0 Å². The maximum atomic E-state index is 8.56. The Hall–Kier alpha value is -6.52. The largest absolute Gasteiger partial charge is 0.215 e. The van der Waals surface area contributed by atoms with Crippen LogP contribution in [0.2, 0.25) is 0 Å². The Labute approximate surface area is 518 Å². The van der Waals surface area contributed by atoms with Crippen LogP contribution in [0.1, 0.15) is 215 Å². The summed E-state index contributed by atoms with van der Waals surface area (Å²) in [5.41, 5.74) is 18.1. The van der Waals surface area contributed by atoms with Gasteiger partial charge < -0.3 is 0 Å². The Balaban J connectivity index is 0.000000227. The zero-order valence-corrected chi connectivity index (χ0v) is 49.4. The molecule has 79 heavy (non-hydrogen) atoms. The van der Waals surface area contributed by atoms with E-state index in [1.807, 2.05) is 47.7 Å². The number of rotatable bonds is 7. The molecule has 3 atom stereocenters. The van der Waals surface area contributed by atoms with Gasteiger partial charge in [0, 0.05) is 105 Å². The molecule has 4 heteroatoms. The highest BCUT2D eigenvalue weighted by atomic mass is 14.9. The smallest absolute Gasteiger partial charge is 0.201 e. The number of aryl methyl sites for hydroxylation is 16. The van der Waals surface area contributed by atoms with Crippen molar-refractivity contribution < 1.29 is 55.3 Å². The van der Waals surface area contributed by atoms with Crippen molar-refractivity contribution in [1.82, 2.24) is 0 Å². The summed E-state index contributed by atoms with van der Waals surface area (Å²) in [5, 5.41) is 0. The van der Waals surface area contributed by atoms with E-state index in [0.717, 1.165) is 69.7 Å². The van der Waals surface area contributed by atoms with E-state index in [1.54, 1.807) is 83.9 Å². The van der Waals surface area contributed by atoms with Gasteiger partial charge in [0.25, 0.3) is 0 Å². The highest BCUT2D eigenvalue weighted by molar-refractivity contribution is 5.68. The highest BCUT2D eigenvalue weighted by Crippen LogP contribution is 2.33. The molecule has 0 amide bonds. The summed E-state index contributed by atoms with van der Waals surface area (Å²) in [6.45, 7) is 0.579. The Kier molecular flexibility index (Phi) is 11.2. The lowest BCUT2D eigenvalue weighted by molar-refractivity contribution is -0.661. The van der Waals surface area contributed by atoms with Gasteiger partial charge in [-0.25, -0.2) is 18.3 Å². The third kappa shape index (κ3) is 14.3. The van der Waals surface area contributed by atoms with Gasteiger partial charge in [-0.1, -0.05) is 94.9 Å². The second-order valence-electron chi connectivity index (χ2n) is 21.6. The van der Waals surface area contributed by atoms with Crippen molar-refractivity contribution in [1.29, 1.82) is 0 Å². The average Bonchev–Trinajstić information content (AvgIpc) is 0.754. The molecule has 0 fully saturated rings. The van der Waals surface area contributed by atoms with E-state index < -0.39 is 72.5 Å². The zero-order chi connectivity index (χ0) is 81.2. The van der Waals surface area contributed by atoms with Gasteiger partial charge in [-0.15, -0.1) is 0 Å². The van der Waals surface area contributed by atoms with E-state index in [4.69, 9.17) is 37.0 Å². The zero-order valence-electron chi connectivity index (χ0n) is 76.4. The van der Waals surface area contributed by atoms with Crippen LogP contribution in [-0.4, -0.2) is 0 Å². The predicted molar refractivity (Wildman–Crippen MR) is 337 cm³/mol. The minimum atomic E-state index is -2.88. The van der Waals surface area contributed by atoms with Crippen LogP contribution in [0, 0.1) is 96.6 Å². The number of hydrogen-bond acceptors (Lipinski definition) is 0. The lowest BCUT2D eigenvalue weighted by Crippen LogP contribution is -2.33. The number of fused-ring (bicyclic) bond motifs is 1. The second kappa shape index (κ2) is 26.2. The van der Waals surface area contributed by atoms with Crippen molar-refractivity contribution in [3.63, 3.8) is 0 Å². The topological polar surface area (TPSA) is 15.5 Å². The van der Waals surface area contributed by atoms with Crippen molar-refractivity contribution in [3.05, 3.63) is 209 Å². The van der Waals surface area contributed by atoms with Crippen molar-refractivity contribution in [2.24, 2.45) is 28.2 Å². The average molecular weight is 1080 g/mol. The fourth-order valence-electron chi connectivity index (χ4n) is 10.6. The first-order valence-electron chi connectivity index (χ1n) is 40.4. The fourth-order valence-corrected chi connectivity index (χ4v) is 10.6. The van der Waals surface area contributed by atoms with Crippen molar-refractivity contribution >= 4 is 0 Å². The summed E-state index contributed by atoms with van der Waals surface area (Å²) in [5.74, 6) is -6.31. The molecule has 0 aliphatic heterocycles.